The molecule has 1 aliphatic heterocycles. The molecule has 0 atom stereocenters. The first-order valence-electron chi connectivity index (χ1n) is 10.1. The Balaban J connectivity index is 1.28. The van der Waals surface area contributed by atoms with Gasteiger partial charge in [0.2, 0.25) is 0 Å². The highest BCUT2D eigenvalue weighted by atomic mass is 15.3. The summed E-state index contributed by atoms with van der Waals surface area (Å²) in [5.41, 5.74) is 3.69. The standard InChI is InChI=1S/C24H26N4/c1-26-23(25-22-12-11-19-7-5-6-10-21(19)24(22)26)13-14-27-15-17-28(18-16-27)20-8-3-2-4-9-20/h2-12H,13-18H2,1H3. The lowest BCUT2D eigenvalue weighted by molar-refractivity contribution is 0.259. The van der Waals surface area contributed by atoms with Crippen molar-refractivity contribution in [3.05, 3.63) is 72.6 Å². The Bertz CT molecular complexity index is 1090. The van der Waals surface area contributed by atoms with E-state index in [9.17, 15) is 0 Å². The van der Waals surface area contributed by atoms with Crippen molar-refractivity contribution in [1.82, 2.24) is 14.5 Å². The van der Waals surface area contributed by atoms with Crippen molar-refractivity contribution in [3.63, 3.8) is 0 Å². The van der Waals surface area contributed by atoms with Crippen LogP contribution in [0.5, 0.6) is 0 Å². The molecule has 0 unspecified atom stereocenters. The molecule has 1 aliphatic rings. The summed E-state index contributed by atoms with van der Waals surface area (Å²) in [6.45, 7) is 5.48. The van der Waals surface area contributed by atoms with Crippen molar-refractivity contribution in [2.24, 2.45) is 7.05 Å². The van der Waals surface area contributed by atoms with Gasteiger partial charge in [0.05, 0.1) is 11.0 Å². The van der Waals surface area contributed by atoms with E-state index in [0.29, 0.717) is 0 Å². The first kappa shape index (κ1) is 17.3. The molecule has 0 spiro atoms. The lowest BCUT2D eigenvalue weighted by atomic mass is 10.1. The molecule has 4 nitrogen and oxygen atoms in total. The van der Waals surface area contributed by atoms with Gasteiger partial charge in [0.1, 0.15) is 5.82 Å². The van der Waals surface area contributed by atoms with Gasteiger partial charge in [0.25, 0.3) is 0 Å². The first-order valence-corrected chi connectivity index (χ1v) is 10.1. The van der Waals surface area contributed by atoms with E-state index < -0.39 is 0 Å². The second-order valence-electron chi connectivity index (χ2n) is 7.66. The summed E-state index contributed by atoms with van der Waals surface area (Å²) in [4.78, 5) is 9.99. The van der Waals surface area contributed by atoms with Gasteiger partial charge in [-0.1, -0.05) is 48.5 Å². The number of para-hydroxylation sites is 1. The Morgan fingerprint density at radius 3 is 2.39 bits per heavy atom. The van der Waals surface area contributed by atoms with Crippen LogP contribution in [0.15, 0.2) is 66.7 Å². The Labute approximate surface area is 166 Å². The van der Waals surface area contributed by atoms with E-state index in [2.05, 4.69) is 88.1 Å². The lowest BCUT2D eigenvalue weighted by Gasteiger charge is -2.36. The molecule has 5 rings (SSSR count). The van der Waals surface area contributed by atoms with E-state index in [1.54, 1.807) is 0 Å². The van der Waals surface area contributed by atoms with Crippen LogP contribution in [0.4, 0.5) is 5.69 Å². The van der Waals surface area contributed by atoms with Gasteiger partial charge in [-0.05, 0) is 23.6 Å². The molecule has 1 aromatic heterocycles. The molecule has 1 saturated heterocycles. The van der Waals surface area contributed by atoms with E-state index in [1.165, 1.54) is 27.8 Å². The Morgan fingerprint density at radius 1 is 0.821 bits per heavy atom. The third-order valence-electron chi connectivity index (χ3n) is 6.00. The number of rotatable bonds is 4. The molecule has 142 valence electrons. The maximum absolute atomic E-state index is 4.94. The zero-order valence-electron chi connectivity index (χ0n) is 16.4. The Morgan fingerprint density at radius 2 is 1.57 bits per heavy atom. The number of aromatic nitrogens is 2. The van der Waals surface area contributed by atoms with Crippen molar-refractivity contribution in [1.29, 1.82) is 0 Å². The fraction of sp³-hybridized carbons (Fsp3) is 0.292. The molecule has 0 bridgehead atoms. The van der Waals surface area contributed by atoms with Gasteiger partial charge in [0.15, 0.2) is 0 Å². The summed E-state index contributed by atoms with van der Waals surface area (Å²) >= 11 is 0. The molecular formula is C24H26N4. The minimum absolute atomic E-state index is 0.991. The Hall–Kier alpha value is -2.85. The molecule has 0 N–H and O–H groups in total. The number of hydrogen-bond acceptors (Lipinski definition) is 3. The van der Waals surface area contributed by atoms with Crippen LogP contribution in [0.3, 0.4) is 0 Å². The minimum atomic E-state index is 0.991. The Kier molecular flexibility index (Phi) is 4.49. The number of nitrogens with zero attached hydrogens (tertiary/aromatic N) is 4. The van der Waals surface area contributed by atoms with Gasteiger partial charge in [-0.3, -0.25) is 4.90 Å². The maximum Gasteiger partial charge on any atom is 0.110 e. The number of piperazine rings is 1. The second-order valence-corrected chi connectivity index (χ2v) is 7.66. The molecule has 0 aliphatic carbocycles. The summed E-state index contributed by atoms with van der Waals surface area (Å²) in [7, 11) is 2.16. The topological polar surface area (TPSA) is 24.3 Å². The molecular weight excluding hydrogens is 344 g/mol. The average Bonchev–Trinajstić information content (AvgIpc) is 3.09. The fourth-order valence-corrected chi connectivity index (χ4v) is 4.38. The number of benzene rings is 3. The number of anilines is 1. The van der Waals surface area contributed by atoms with Crippen LogP contribution < -0.4 is 4.90 Å². The smallest absolute Gasteiger partial charge is 0.110 e. The van der Waals surface area contributed by atoms with E-state index in [0.717, 1.165) is 44.7 Å². The van der Waals surface area contributed by atoms with Crippen LogP contribution in [0.2, 0.25) is 0 Å². The van der Waals surface area contributed by atoms with Crippen molar-refractivity contribution in [2.45, 2.75) is 6.42 Å². The third-order valence-corrected chi connectivity index (χ3v) is 6.00. The summed E-state index contributed by atoms with van der Waals surface area (Å²) in [6, 6.07) is 23.7. The van der Waals surface area contributed by atoms with E-state index >= 15 is 0 Å². The van der Waals surface area contributed by atoms with Crippen LogP contribution in [0, 0.1) is 0 Å². The first-order chi connectivity index (χ1) is 13.8. The number of fused-ring (bicyclic) bond motifs is 3. The number of hydrogen-bond donors (Lipinski definition) is 0. The van der Waals surface area contributed by atoms with E-state index in [1.807, 2.05) is 0 Å². The summed E-state index contributed by atoms with van der Waals surface area (Å²) in [5, 5.41) is 2.57. The van der Waals surface area contributed by atoms with Gasteiger partial charge in [-0.15, -0.1) is 0 Å². The second kappa shape index (κ2) is 7.28. The molecule has 2 heterocycles. The molecule has 4 aromatic rings. The van der Waals surface area contributed by atoms with Crippen molar-refractivity contribution < 1.29 is 0 Å². The monoisotopic (exact) mass is 370 g/mol. The number of imidazole rings is 1. The molecule has 28 heavy (non-hydrogen) atoms. The molecule has 0 amide bonds. The third kappa shape index (κ3) is 3.14. The van der Waals surface area contributed by atoms with Crippen molar-refractivity contribution in [3.8, 4) is 0 Å². The molecule has 0 saturated carbocycles. The van der Waals surface area contributed by atoms with Crippen molar-refractivity contribution >= 4 is 27.5 Å². The van der Waals surface area contributed by atoms with Gasteiger partial charge in [0, 0.05) is 57.3 Å². The van der Waals surface area contributed by atoms with E-state index in [-0.39, 0.29) is 0 Å². The SMILES string of the molecule is Cn1c(CCN2CCN(c3ccccc3)CC2)nc2ccc3ccccc3c21. The zero-order chi connectivity index (χ0) is 18.9. The molecule has 1 fully saturated rings. The maximum atomic E-state index is 4.94. The summed E-state index contributed by atoms with van der Waals surface area (Å²) < 4.78 is 2.29. The van der Waals surface area contributed by atoms with Gasteiger partial charge in [-0.25, -0.2) is 4.98 Å². The van der Waals surface area contributed by atoms with E-state index in [4.69, 9.17) is 4.98 Å². The van der Waals surface area contributed by atoms with Gasteiger partial charge in [-0.2, -0.15) is 0 Å². The average molecular weight is 371 g/mol. The largest absolute Gasteiger partial charge is 0.369 e. The molecule has 0 radical (unpaired) electrons. The quantitative estimate of drug-likeness (QED) is 0.541. The number of aryl methyl sites for hydroxylation is 1. The predicted octanol–water partition coefficient (Wildman–Crippen LogP) is 4.09. The fourth-order valence-electron chi connectivity index (χ4n) is 4.38. The molecule has 3 aromatic carbocycles. The zero-order valence-corrected chi connectivity index (χ0v) is 16.4. The predicted molar refractivity (Wildman–Crippen MR) is 117 cm³/mol. The summed E-state index contributed by atoms with van der Waals surface area (Å²) in [5.74, 6) is 1.18. The van der Waals surface area contributed by atoms with Gasteiger partial charge < -0.3 is 9.47 Å². The normalized spacial score (nSPS) is 15.5. The lowest BCUT2D eigenvalue weighted by Crippen LogP contribution is -2.47. The summed E-state index contributed by atoms with van der Waals surface area (Å²) in [6.07, 6.45) is 0.991. The molecule has 4 heteroatoms. The highest BCUT2D eigenvalue weighted by molar-refractivity contribution is 6.04. The van der Waals surface area contributed by atoms with Crippen LogP contribution in [-0.4, -0.2) is 47.2 Å². The van der Waals surface area contributed by atoms with Crippen LogP contribution in [0.1, 0.15) is 5.82 Å². The van der Waals surface area contributed by atoms with Crippen molar-refractivity contribution in [2.75, 3.05) is 37.6 Å². The highest BCUT2D eigenvalue weighted by Crippen LogP contribution is 2.26. The minimum Gasteiger partial charge on any atom is -0.369 e. The van der Waals surface area contributed by atoms with Crippen LogP contribution >= 0.6 is 0 Å². The van der Waals surface area contributed by atoms with Crippen LogP contribution in [-0.2, 0) is 13.5 Å². The van der Waals surface area contributed by atoms with Crippen LogP contribution in [0.25, 0.3) is 21.8 Å². The van der Waals surface area contributed by atoms with Gasteiger partial charge >= 0.3 is 0 Å². The highest BCUT2D eigenvalue weighted by Gasteiger charge is 2.18.